The van der Waals surface area contributed by atoms with Crippen LogP contribution >= 0.6 is 0 Å². The Kier molecular flexibility index (Phi) is 20.3. The Morgan fingerprint density at radius 2 is 0.365 bits per heavy atom. The minimum Gasteiger partial charge on any atom is -0.455 e. The number of furan rings is 2. The first kappa shape index (κ1) is 85.3. The second kappa shape index (κ2) is 35.3. The molecule has 30 aromatic rings. The van der Waals surface area contributed by atoms with Crippen LogP contribution in [0.15, 0.2) is 555 Å². The zero-order chi connectivity index (χ0) is 97.4. The highest BCUT2D eigenvalue weighted by Crippen LogP contribution is 2.52. The third-order valence-electron chi connectivity index (χ3n) is 30.8. The van der Waals surface area contributed by atoms with Crippen LogP contribution in [0.25, 0.3) is 297 Å². The van der Waals surface area contributed by atoms with E-state index in [4.69, 9.17) is 8.83 Å². The largest absolute Gasteiger partial charge is 0.455 e. The fourth-order valence-corrected chi connectivity index (χ4v) is 23.9. The summed E-state index contributed by atoms with van der Waals surface area (Å²) in [7, 11) is 0. The second-order valence-corrected chi connectivity index (χ2v) is 39.0. The average Bonchev–Trinajstić information content (AvgIpc) is 1.29. The topological polar surface area (TPSA) is 36.1 Å². The van der Waals surface area contributed by atoms with Gasteiger partial charge in [0.15, 0.2) is 0 Å². The van der Waals surface area contributed by atoms with Crippen LogP contribution in [0.1, 0.15) is 0 Å². The van der Waals surface area contributed by atoms with Crippen molar-refractivity contribution in [1.29, 1.82) is 0 Å². The summed E-state index contributed by atoms with van der Waals surface area (Å²) in [4.78, 5) is 0. The molecule has 0 unspecified atom stereocenters. The van der Waals surface area contributed by atoms with Crippen molar-refractivity contribution in [3.8, 4) is 145 Å². The molecule has 0 saturated carbocycles. The monoisotopic (exact) mass is 1880 g/mol. The van der Waals surface area contributed by atoms with Crippen molar-refractivity contribution in [2.75, 3.05) is 0 Å². The fourth-order valence-electron chi connectivity index (χ4n) is 23.9. The Morgan fingerprint density at radius 1 is 0.122 bits per heavy atom. The van der Waals surface area contributed by atoms with Crippen molar-refractivity contribution in [3.63, 3.8) is 0 Å². The van der Waals surface area contributed by atoms with Gasteiger partial charge in [-0.3, -0.25) is 0 Å². The lowest BCUT2D eigenvalue weighted by molar-refractivity contribution is 0.669. The molecule has 30 rings (SSSR count). The maximum atomic E-state index is 6.99. The van der Waals surface area contributed by atoms with E-state index in [9.17, 15) is 0 Å². The normalized spacial score (nSPS) is 11.8. The number of fused-ring (bicyclic) bond motifs is 18. The Morgan fingerprint density at radius 3 is 0.764 bits per heavy atom. The zero-order valence-corrected chi connectivity index (χ0v) is 80.7. The van der Waals surface area contributed by atoms with E-state index in [2.05, 4.69) is 555 Å². The van der Waals surface area contributed by atoms with Crippen LogP contribution in [0.4, 0.5) is 0 Å². The molecule has 688 valence electrons. The van der Waals surface area contributed by atoms with Gasteiger partial charge in [0.05, 0.1) is 22.1 Å². The molecule has 0 aliphatic heterocycles. The Balaban J connectivity index is 0.000000140. The third kappa shape index (κ3) is 14.4. The van der Waals surface area contributed by atoms with E-state index in [-0.39, 0.29) is 0 Å². The molecule has 4 aromatic heterocycles. The van der Waals surface area contributed by atoms with Crippen molar-refractivity contribution in [3.05, 3.63) is 546 Å². The molecular formula is C144H90N2O2. The molecule has 4 nitrogen and oxygen atoms in total. The average molecular weight is 1880 g/mol. The Bertz CT molecular complexity index is 10400. The predicted molar refractivity (Wildman–Crippen MR) is 626 cm³/mol. The van der Waals surface area contributed by atoms with Crippen molar-refractivity contribution >= 4 is 152 Å². The first-order valence-electron chi connectivity index (χ1n) is 51.0. The van der Waals surface area contributed by atoms with Crippen LogP contribution in [0.5, 0.6) is 0 Å². The van der Waals surface area contributed by atoms with Gasteiger partial charge in [-0.1, -0.05) is 437 Å². The molecule has 0 amide bonds. The van der Waals surface area contributed by atoms with E-state index in [1.807, 2.05) is 0 Å². The SMILES string of the molecule is c1ccc(-c2c3ccccc3c(-c3ccc(-n4c5ccccc5c5cc(-c6cc(-c7cccc8ccccc78)cc7c6oc6ccc(-c8cccc9ccccc89)cc67)ccc54)cc3)c3ccccc23)cc1.c1ccc(-c2ccc(-c3ccc4oc5c(-c6ccc7c(c6)c6ccccc6n7-c6ccc(-c7c8ccccc8c(-c8ccccc8)c8ccccc78)cc6)cc(-c6ccc(-c7ccccc7)cc6)cc5c4c3)cc2)cc1. The standard InChI is InChI=1S/C74H47NO.C70H43NO/c1-4-16-48(17-5-1)50-28-32-52(33-29-50)56-39-43-71-67(44-56)68-47-58(53-34-30-51(31-35-53)49-18-6-2-7-19-49)46-65(74(68)76-71)57-38-42-70-66(45-57)60-22-14-15-27-69(60)75(70)59-40-36-55(37-41-59)73-63-25-12-10-23-61(63)72(54-20-8-3-9-21-54)62-24-11-13-26-64(62)73;1-2-18-46(19-3-1)68-57-25-8-10-27-59(57)69(60-28-11-9-26-58(60)68)47-32-36-51(37-33-47)71-65-31-13-12-24-56(65)62-40-49(34-38-66(62)71)61-42-50(55-30-15-21-45-17-5-7-23-53(45)55)43-64-63-41-48(35-39-67(63)72-70(61)64)54-29-14-20-44-16-4-6-22-52(44)54/h1-47H;1-43H. The van der Waals surface area contributed by atoms with Gasteiger partial charge in [0.25, 0.3) is 0 Å². The van der Waals surface area contributed by atoms with Crippen LogP contribution in [0.3, 0.4) is 0 Å². The minimum absolute atomic E-state index is 0.867. The quantitative estimate of drug-likeness (QED) is 0.102. The molecule has 4 heteroatoms. The van der Waals surface area contributed by atoms with E-state index < -0.39 is 0 Å². The summed E-state index contributed by atoms with van der Waals surface area (Å²) in [5.41, 5.74) is 38.8. The van der Waals surface area contributed by atoms with Crippen molar-refractivity contribution in [2.45, 2.75) is 0 Å². The Hall–Kier alpha value is -19.5. The lowest BCUT2D eigenvalue weighted by Gasteiger charge is -2.18. The summed E-state index contributed by atoms with van der Waals surface area (Å²) in [5, 5.41) is 24.1. The van der Waals surface area contributed by atoms with E-state index in [0.29, 0.717) is 0 Å². The summed E-state index contributed by atoms with van der Waals surface area (Å²) in [6, 6.07) is 199. The fraction of sp³-hybridized carbons (Fsp3) is 0. The van der Waals surface area contributed by atoms with Gasteiger partial charge in [-0.2, -0.15) is 0 Å². The van der Waals surface area contributed by atoms with E-state index >= 15 is 0 Å². The lowest BCUT2D eigenvalue weighted by atomic mass is 9.86. The summed E-state index contributed by atoms with van der Waals surface area (Å²) in [5.74, 6) is 0. The molecule has 4 heterocycles. The number of hydrogen-bond acceptors (Lipinski definition) is 2. The molecule has 0 saturated heterocycles. The predicted octanol–water partition coefficient (Wildman–Crippen LogP) is 40.3. The highest BCUT2D eigenvalue weighted by molar-refractivity contribution is 6.25. The van der Waals surface area contributed by atoms with E-state index in [1.165, 1.54) is 181 Å². The molecule has 0 radical (unpaired) electrons. The van der Waals surface area contributed by atoms with Gasteiger partial charge in [-0.15, -0.1) is 0 Å². The molecule has 0 aliphatic rings. The number of hydrogen-bond donors (Lipinski definition) is 0. The number of nitrogens with zero attached hydrogens (tertiary/aromatic N) is 2. The molecule has 0 spiro atoms. The van der Waals surface area contributed by atoms with Crippen LogP contribution in [0.2, 0.25) is 0 Å². The molecule has 0 bridgehead atoms. The number of para-hydroxylation sites is 2. The minimum atomic E-state index is 0.867. The summed E-state index contributed by atoms with van der Waals surface area (Å²) in [6.07, 6.45) is 0. The molecular weight excluding hydrogens is 1790 g/mol. The van der Waals surface area contributed by atoms with Crippen LogP contribution in [0, 0.1) is 0 Å². The lowest BCUT2D eigenvalue weighted by Crippen LogP contribution is -1.95. The van der Waals surface area contributed by atoms with Crippen LogP contribution in [-0.4, -0.2) is 9.13 Å². The van der Waals surface area contributed by atoms with E-state index in [1.54, 1.807) is 0 Å². The Labute approximate surface area is 854 Å². The molecule has 0 fully saturated rings. The smallest absolute Gasteiger partial charge is 0.143 e. The molecule has 0 N–H and O–H groups in total. The van der Waals surface area contributed by atoms with Crippen LogP contribution < -0.4 is 0 Å². The summed E-state index contributed by atoms with van der Waals surface area (Å²) < 4.78 is 18.8. The van der Waals surface area contributed by atoms with Gasteiger partial charge in [0.2, 0.25) is 0 Å². The summed E-state index contributed by atoms with van der Waals surface area (Å²) >= 11 is 0. The van der Waals surface area contributed by atoms with Gasteiger partial charge in [-0.05, 0) is 296 Å². The molecule has 148 heavy (non-hydrogen) atoms. The molecule has 0 aliphatic carbocycles. The van der Waals surface area contributed by atoms with Gasteiger partial charge in [-0.25, -0.2) is 0 Å². The first-order chi connectivity index (χ1) is 73.4. The molecule has 0 atom stereocenters. The number of rotatable bonds is 14. The highest BCUT2D eigenvalue weighted by atomic mass is 16.3. The molecule has 26 aromatic carbocycles. The second-order valence-electron chi connectivity index (χ2n) is 39.0. The first-order valence-corrected chi connectivity index (χ1v) is 51.0. The van der Waals surface area contributed by atoms with Gasteiger partial charge in [0.1, 0.15) is 22.3 Å². The number of aromatic nitrogens is 2. The third-order valence-corrected chi connectivity index (χ3v) is 30.8. The zero-order valence-electron chi connectivity index (χ0n) is 80.7. The summed E-state index contributed by atoms with van der Waals surface area (Å²) in [6.45, 7) is 0. The van der Waals surface area contributed by atoms with Crippen molar-refractivity contribution in [1.82, 2.24) is 9.13 Å². The maximum Gasteiger partial charge on any atom is 0.143 e. The number of benzene rings is 26. The highest BCUT2D eigenvalue weighted by Gasteiger charge is 2.27. The maximum absolute atomic E-state index is 6.99. The van der Waals surface area contributed by atoms with E-state index in [0.717, 1.165) is 116 Å². The van der Waals surface area contributed by atoms with Gasteiger partial charge in [0, 0.05) is 65.6 Å². The van der Waals surface area contributed by atoms with Crippen LogP contribution in [-0.2, 0) is 0 Å². The van der Waals surface area contributed by atoms with Crippen molar-refractivity contribution in [2.24, 2.45) is 0 Å². The van der Waals surface area contributed by atoms with Gasteiger partial charge < -0.3 is 18.0 Å². The van der Waals surface area contributed by atoms with Crippen molar-refractivity contribution < 1.29 is 8.83 Å². The van der Waals surface area contributed by atoms with Gasteiger partial charge >= 0.3 is 0 Å².